The van der Waals surface area contributed by atoms with Crippen molar-refractivity contribution in [3.8, 4) is 0 Å². The number of hydrogen-bond acceptors (Lipinski definition) is 3. The second-order valence-corrected chi connectivity index (χ2v) is 7.16. The zero-order valence-corrected chi connectivity index (χ0v) is 15.6. The van der Waals surface area contributed by atoms with E-state index in [-0.39, 0.29) is 17.7 Å². The summed E-state index contributed by atoms with van der Waals surface area (Å²) in [6, 6.07) is 13.4. The molecule has 5 heteroatoms. The molecule has 0 unspecified atom stereocenters. The van der Waals surface area contributed by atoms with E-state index in [4.69, 9.17) is 0 Å². The molecule has 0 fully saturated rings. The Bertz CT molecular complexity index is 942. The summed E-state index contributed by atoms with van der Waals surface area (Å²) in [5, 5.41) is 2.94. The normalized spacial score (nSPS) is 16.0. The number of benzene rings is 2. The second kappa shape index (κ2) is 7.80. The van der Waals surface area contributed by atoms with Crippen LogP contribution in [0.25, 0.3) is 0 Å². The Hall–Kier alpha value is -3.21. The third-order valence-corrected chi connectivity index (χ3v) is 5.28. The zero-order chi connectivity index (χ0) is 19.5. The molecule has 0 saturated heterocycles. The van der Waals surface area contributed by atoms with Crippen molar-refractivity contribution in [2.45, 2.75) is 32.1 Å². The summed E-state index contributed by atoms with van der Waals surface area (Å²) in [5.41, 5.74) is 3.04. The van der Waals surface area contributed by atoms with Crippen molar-refractivity contribution in [2.75, 3.05) is 11.4 Å². The summed E-state index contributed by atoms with van der Waals surface area (Å²) in [6.07, 6.45) is 7.86. The number of nitrogens with zero attached hydrogens (tertiary/aromatic N) is 1. The number of rotatable bonds is 5. The highest BCUT2D eigenvalue weighted by atomic mass is 16.2. The Morgan fingerprint density at radius 2 is 1.71 bits per heavy atom. The topological polar surface area (TPSA) is 66.5 Å². The molecule has 0 bridgehead atoms. The minimum atomic E-state index is -0.359. The van der Waals surface area contributed by atoms with Crippen molar-refractivity contribution >= 4 is 23.4 Å². The smallest absolute Gasteiger partial charge is 0.266 e. The number of allylic oxidation sites excluding steroid dienone is 1. The van der Waals surface area contributed by atoms with Gasteiger partial charge in [-0.1, -0.05) is 29.8 Å². The van der Waals surface area contributed by atoms with Gasteiger partial charge in [-0.2, -0.15) is 0 Å². The number of carbonyl (C=O) groups excluding carboxylic acids is 3. The first-order valence-corrected chi connectivity index (χ1v) is 9.69. The van der Waals surface area contributed by atoms with Gasteiger partial charge in [0.25, 0.3) is 17.7 Å². The Morgan fingerprint density at radius 1 is 0.964 bits per heavy atom. The number of carbonyl (C=O) groups is 3. The molecule has 0 aromatic heterocycles. The second-order valence-electron chi connectivity index (χ2n) is 7.16. The highest BCUT2D eigenvalue weighted by molar-refractivity contribution is 6.34. The van der Waals surface area contributed by atoms with Gasteiger partial charge in [0, 0.05) is 12.1 Å². The highest BCUT2D eigenvalue weighted by Gasteiger charge is 2.36. The average molecular weight is 374 g/mol. The average Bonchev–Trinajstić information content (AvgIpc) is 2.99. The summed E-state index contributed by atoms with van der Waals surface area (Å²) in [5.74, 6) is -0.917. The molecular formula is C23H22N2O3. The fraction of sp³-hybridized carbons (Fsp3) is 0.261. The molecule has 28 heavy (non-hydrogen) atoms. The van der Waals surface area contributed by atoms with Crippen LogP contribution in [0.1, 0.15) is 63.2 Å². The molecule has 142 valence electrons. The molecule has 2 aliphatic rings. The number of anilines is 1. The third-order valence-electron chi connectivity index (χ3n) is 5.28. The maximum Gasteiger partial charge on any atom is 0.266 e. The van der Waals surface area contributed by atoms with E-state index < -0.39 is 0 Å². The number of nitrogens with one attached hydrogen (secondary N) is 1. The largest absolute Gasteiger partial charge is 0.352 e. The van der Waals surface area contributed by atoms with Gasteiger partial charge in [0.1, 0.15) is 0 Å². The van der Waals surface area contributed by atoms with Crippen LogP contribution >= 0.6 is 0 Å². The summed E-state index contributed by atoms with van der Waals surface area (Å²) in [6.45, 7) is 0.585. The molecule has 3 amide bonds. The minimum Gasteiger partial charge on any atom is -0.352 e. The first kappa shape index (κ1) is 18.2. The Balaban J connectivity index is 1.46. The lowest BCUT2D eigenvalue weighted by molar-refractivity contribution is 0.0919. The van der Waals surface area contributed by atoms with Gasteiger partial charge in [0.05, 0.1) is 16.8 Å². The van der Waals surface area contributed by atoms with E-state index in [2.05, 4.69) is 11.4 Å². The van der Waals surface area contributed by atoms with Crippen LogP contribution < -0.4 is 10.2 Å². The molecule has 4 rings (SSSR count). The van der Waals surface area contributed by atoms with Gasteiger partial charge in [0.2, 0.25) is 0 Å². The predicted molar refractivity (Wildman–Crippen MR) is 108 cm³/mol. The van der Waals surface area contributed by atoms with Crippen molar-refractivity contribution in [1.82, 2.24) is 5.32 Å². The van der Waals surface area contributed by atoms with Gasteiger partial charge < -0.3 is 5.32 Å². The Labute approximate surface area is 164 Å². The van der Waals surface area contributed by atoms with E-state index in [0.717, 1.165) is 24.2 Å². The lowest BCUT2D eigenvalue weighted by Crippen LogP contribution is -2.30. The van der Waals surface area contributed by atoms with E-state index >= 15 is 0 Å². The molecule has 5 nitrogen and oxygen atoms in total. The van der Waals surface area contributed by atoms with E-state index in [1.165, 1.54) is 18.4 Å². The van der Waals surface area contributed by atoms with Crippen LogP contribution in [0.4, 0.5) is 5.69 Å². The molecule has 1 N–H and O–H groups in total. The Morgan fingerprint density at radius 3 is 2.39 bits per heavy atom. The molecule has 0 atom stereocenters. The SMILES string of the molecule is O=C(NCCC1=CCCCC1)c1cccc(N2C(=O)c3ccccc3C2=O)c1. The molecular weight excluding hydrogens is 352 g/mol. The van der Waals surface area contributed by atoms with Crippen LogP contribution in [0.5, 0.6) is 0 Å². The Kier molecular flexibility index (Phi) is 5.06. The standard InChI is InChI=1S/C23H22N2O3/c26-21(24-14-13-16-7-2-1-3-8-16)17-9-6-10-18(15-17)25-22(27)19-11-4-5-12-20(19)23(25)28/h4-7,9-12,15H,1-3,8,13-14H2,(H,24,26). The maximum atomic E-state index is 12.6. The van der Waals surface area contributed by atoms with Crippen molar-refractivity contribution in [3.05, 3.63) is 76.9 Å². The van der Waals surface area contributed by atoms with Gasteiger partial charge in [-0.05, 0) is 62.4 Å². The van der Waals surface area contributed by atoms with E-state index in [0.29, 0.717) is 28.9 Å². The third kappa shape index (κ3) is 3.48. The highest BCUT2D eigenvalue weighted by Crippen LogP contribution is 2.28. The van der Waals surface area contributed by atoms with Crippen LogP contribution in [0.15, 0.2) is 60.2 Å². The van der Waals surface area contributed by atoms with Crippen molar-refractivity contribution in [2.24, 2.45) is 0 Å². The minimum absolute atomic E-state index is 0.199. The molecule has 0 saturated carbocycles. The van der Waals surface area contributed by atoms with Gasteiger partial charge in [-0.15, -0.1) is 0 Å². The number of imide groups is 1. The maximum absolute atomic E-state index is 12.6. The lowest BCUT2D eigenvalue weighted by atomic mass is 9.97. The van der Waals surface area contributed by atoms with Gasteiger partial charge >= 0.3 is 0 Å². The molecule has 1 heterocycles. The molecule has 2 aromatic rings. The lowest BCUT2D eigenvalue weighted by Gasteiger charge is -2.15. The van der Waals surface area contributed by atoms with Crippen molar-refractivity contribution in [1.29, 1.82) is 0 Å². The molecule has 2 aromatic carbocycles. The van der Waals surface area contributed by atoms with Crippen LogP contribution in [-0.2, 0) is 0 Å². The monoisotopic (exact) mass is 374 g/mol. The number of amides is 3. The van der Waals surface area contributed by atoms with Crippen LogP contribution in [0.2, 0.25) is 0 Å². The first-order valence-electron chi connectivity index (χ1n) is 9.69. The summed E-state index contributed by atoms with van der Waals surface area (Å²) >= 11 is 0. The predicted octanol–water partition coefficient (Wildman–Crippen LogP) is 4.11. The number of hydrogen-bond donors (Lipinski definition) is 1. The van der Waals surface area contributed by atoms with Crippen LogP contribution in [0, 0.1) is 0 Å². The van der Waals surface area contributed by atoms with Crippen LogP contribution in [-0.4, -0.2) is 24.3 Å². The first-order chi connectivity index (χ1) is 13.6. The van der Waals surface area contributed by atoms with Crippen molar-refractivity contribution in [3.63, 3.8) is 0 Å². The van der Waals surface area contributed by atoms with Crippen LogP contribution in [0.3, 0.4) is 0 Å². The van der Waals surface area contributed by atoms with Gasteiger partial charge in [-0.3, -0.25) is 14.4 Å². The summed E-state index contributed by atoms with van der Waals surface area (Å²) in [7, 11) is 0. The van der Waals surface area contributed by atoms with E-state index in [1.807, 2.05) is 0 Å². The van der Waals surface area contributed by atoms with Gasteiger partial charge in [-0.25, -0.2) is 4.90 Å². The molecule has 1 aliphatic carbocycles. The fourth-order valence-corrected chi connectivity index (χ4v) is 3.78. The zero-order valence-electron chi connectivity index (χ0n) is 15.6. The van der Waals surface area contributed by atoms with Crippen molar-refractivity contribution < 1.29 is 14.4 Å². The molecule has 0 radical (unpaired) electrons. The fourth-order valence-electron chi connectivity index (χ4n) is 3.78. The molecule has 1 aliphatic heterocycles. The number of fused-ring (bicyclic) bond motifs is 1. The molecule has 0 spiro atoms. The summed E-state index contributed by atoms with van der Waals surface area (Å²) < 4.78 is 0. The quantitative estimate of drug-likeness (QED) is 0.633. The van der Waals surface area contributed by atoms with E-state index in [9.17, 15) is 14.4 Å². The summed E-state index contributed by atoms with van der Waals surface area (Å²) in [4.78, 5) is 38.9. The van der Waals surface area contributed by atoms with Gasteiger partial charge in [0.15, 0.2) is 0 Å². The van der Waals surface area contributed by atoms with E-state index in [1.54, 1.807) is 48.5 Å².